The van der Waals surface area contributed by atoms with Gasteiger partial charge in [0.15, 0.2) is 0 Å². The van der Waals surface area contributed by atoms with Gasteiger partial charge in [0.05, 0.1) is 0 Å². The van der Waals surface area contributed by atoms with Gasteiger partial charge in [-0.3, -0.25) is 0 Å². The van der Waals surface area contributed by atoms with Crippen LogP contribution in [0.15, 0.2) is 89.8 Å². The van der Waals surface area contributed by atoms with E-state index in [1.807, 2.05) is 23.9 Å². The molecule has 0 saturated heterocycles. The fraction of sp³-hybridized carbons (Fsp3) is 0.148. The van der Waals surface area contributed by atoms with Gasteiger partial charge in [-0.1, -0.05) is 79.7 Å². The van der Waals surface area contributed by atoms with Crippen molar-refractivity contribution in [2.45, 2.75) is 29.9 Å². The van der Waals surface area contributed by atoms with Gasteiger partial charge in [0, 0.05) is 16.2 Å². The Morgan fingerprint density at radius 3 is 2.33 bits per heavy atom. The van der Waals surface area contributed by atoms with E-state index in [4.69, 9.17) is 5.11 Å². The second kappa shape index (κ2) is 9.19. The molecular formula is C27H24O2S. The van der Waals surface area contributed by atoms with E-state index in [0.717, 1.165) is 18.4 Å². The summed E-state index contributed by atoms with van der Waals surface area (Å²) in [6.45, 7) is 2.22. The van der Waals surface area contributed by atoms with Gasteiger partial charge in [-0.05, 0) is 58.4 Å². The summed E-state index contributed by atoms with van der Waals surface area (Å²) in [4.78, 5) is 12.2. The van der Waals surface area contributed by atoms with Crippen molar-refractivity contribution in [3.63, 3.8) is 0 Å². The van der Waals surface area contributed by atoms with E-state index in [2.05, 4.69) is 73.7 Å². The Morgan fingerprint density at radius 1 is 0.967 bits per heavy atom. The van der Waals surface area contributed by atoms with Crippen LogP contribution in [0.1, 0.15) is 35.6 Å². The van der Waals surface area contributed by atoms with Gasteiger partial charge in [0.2, 0.25) is 0 Å². The average molecular weight is 413 g/mol. The van der Waals surface area contributed by atoms with E-state index in [-0.39, 0.29) is 0 Å². The van der Waals surface area contributed by atoms with E-state index in [9.17, 15) is 4.79 Å². The minimum Gasteiger partial charge on any atom is -0.478 e. The Labute approximate surface area is 182 Å². The van der Waals surface area contributed by atoms with Gasteiger partial charge in [-0.15, -0.1) is 11.8 Å². The topological polar surface area (TPSA) is 37.3 Å². The third kappa shape index (κ3) is 4.42. The molecule has 1 aliphatic rings. The van der Waals surface area contributed by atoms with Crippen LogP contribution >= 0.6 is 11.8 Å². The van der Waals surface area contributed by atoms with Crippen molar-refractivity contribution in [2.75, 3.05) is 0 Å². The van der Waals surface area contributed by atoms with Crippen molar-refractivity contribution in [2.24, 2.45) is 0 Å². The number of aliphatic carboxylic acids is 1. The van der Waals surface area contributed by atoms with Gasteiger partial charge in [-0.2, -0.15) is 0 Å². The zero-order valence-corrected chi connectivity index (χ0v) is 17.7. The Kier molecular flexibility index (Phi) is 6.20. The van der Waals surface area contributed by atoms with Crippen molar-refractivity contribution in [1.82, 2.24) is 0 Å². The molecule has 0 aliphatic carbocycles. The first kappa shape index (κ1) is 20.2. The Hall–Kier alpha value is -3.04. The van der Waals surface area contributed by atoms with Crippen LogP contribution in [0.4, 0.5) is 0 Å². The molecule has 1 heterocycles. The predicted octanol–water partition coefficient (Wildman–Crippen LogP) is 6.82. The summed E-state index contributed by atoms with van der Waals surface area (Å²) in [5.74, 6) is -0.933. The normalized spacial score (nSPS) is 16.4. The number of hydrogen-bond acceptors (Lipinski definition) is 2. The van der Waals surface area contributed by atoms with Gasteiger partial charge in [0.25, 0.3) is 0 Å². The molecule has 3 heteroatoms. The number of carboxylic acid groups (broad SMARTS) is 1. The van der Waals surface area contributed by atoms with Crippen LogP contribution in [0, 0.1) is 0 Å². The highest BCUT2D eigenvalue weighted by molar-refractivity contribution is 8.00. The predicted molar refractivity (Wildman–Crippen MR) is 126 cm³/mol. The van der Waals surface area contributed by atoms with Crippen molar-refractivity contribution >= 4 is 35.0 Å². The molecule has 3 aromatic rings. The maximum Gasteiger partial charge on any atom is 0.328 e. The summed E-state index contributed by atoms with van der Waals surface area (Å²) in [5.41, 5.74) is 7.51. The zero-order chi connectivity index (χ0) is 20.9. The molecule has 1 N–H and O–H groups in total. The highest BCUT2D eigenvalue weighted by atomic mass is 32.2. The molecule has 1 unspecified atom stereocenters. The Balaban J connectivity index is 1.79. The Bertz CT molecular complexity index is 1070. The maximum absolute atomic E-state index is 10.8. The molecule has 1 atom stereocenters. The van der Waals surface area contributed by atoms with E-state index < -0.39 is 5.97 Å². The zero-order valence-electron chi connectivity index (χ0n) is 16.9. The number of hydrogen-bond donors (Lipinski definition) is 1. The SMILES string of the molecule is CC/C(=C(/c1ccc(/C=C/C(=O)O)cc1)C1Cc2ccccc2S1)c1ccccc1. The molecule has 3 aromatic carbocycles. The lowest BCUT2D eigenvalue weighted by atomic mass is 9.88. The molecule has 150 valence electrons. The first-order valence-corrected chi connectivity index (χ1v) is 11.1. The summed E-state index contributed by atoms with van der Waals surface area (Å²) >= 11 is 1.95. The number of allylic oxidation sites excluding steroid dienone is 1. The fourth-order valence-electron chi connectivity index (χ4n) is 4.03. The quantitative estimate of drug-likeness (QED) is 0.356. The van der Waals surface area contributed by atoms with Crippen LogP contribution in [0.2, 0.25) is 0 Å². The number of carbonyl (C=O) groups is 1. The molecule has 0 radical (unpaired) electrons. The minimum atomic E-state index is -0.933. The van der Waals surface area contributed by atoms with Crippen molar-refractivity contribution in [3.05, 3.63) is 107 Å². The molecule has 1 aliphatic heterocycles. The summed E-state index contributed by atoms with van der Waals surface area (Å²) in [6, 6.07) is 27.5. The van der Waals surface area contributed by atoms with Crippen molar-refractivity contribution in [3.8, 4) is 0 Å². The first-order valence-electron chi connectivity index (χ1n) is 10.2. The van der Waals surface area contributed by atoms with Crippen LogP contribution in [-0.2, 0) is 11.2 Å². The lowest BCUT2D eigenvalue weighted by Crippen LogP contribution is -2.08. The van der Waals surface area contributed by atoms with Crippen LogP contribution in [0.25, 0.3) is 17.2 Å². The number of carboxylic acids is 1. The third-order valence-electron chi connectivity index (χ3n) is 5.41. The summed E-state index contributed by atoms with van der Waals surface area (Å²) in [6.07, 6.45) is 4.78. The number of thioether (sulfide) groups is 1. The summed E-state index contributed by atoms with van der Waals surface area (Å²) < 4.78 is 0. The molecule has 0 saturated carbocycles. The molecule has 0 fully saturated rings. The molecule has 0 amide bonds. The Morgan fingerprint density at radius 2 is 1.67 bits per heavy atom. The molecule has 0 aromatic heterocycles. The van der Waals surface area contributed by atoms with Crippen LogP contribution < -0.4 is 0 Å². The fourth-order valence-corrected chi connectivity index (χ4v) is 5.45. The molecule has 30 heavy (non-hydrogen) atoms. The van der Waals surface area contributed by atoms with Crippen molar-refractivity contribution in [1.29, 1.82) is 0 Å². The van der Waals surface area contributed by atoms with E-state index in [0.29, 0.717) is 5.25 Å². The average Bonchev–Trinajstić information content (AvgIpc) is 3.20. The molecular weight excluding hydrogens is 388 g/mol. The highest BCUT2D eigenvalue weighted by Gasteiger charge is 2.28. The third-order valence-corrected chi connectivity index (χ3v) is 6.75. The monoisotopic (exact) mass is 412 g/mol. The van der Waals surface area contributed by atoms with E-state index in [1.165, 1.54) is 38.8 Å². The lowest BCUT2D eigenvalue weighted by molar-refractivity contribution is -0.131. The first-order chi connectivity index (χ1) is 14.7. The smallest absolute Gasteiger partial charge is 0.328 e. The lowest BCUT2D eigenvalue weighted by Gasteiger charge is -2.21. The second-order valence-electron chi connectivity index (χ2n) is 7.32. The summed E-state index contributed by atoms with van der Waals surface area (Å²) in [5, 5.41) is 9.24. The standard InChI is InChI=1S/C27H24O2S/c1-2-23(20-8-4-3-5-9-20)27(25-18-22-10-6-7-11-24(22)30-25)21-15-12-19(13-16-21)14-17-26(28)29/h3-17,25H,2,18H2,1H3,(H,28,29)/b17-14+,27-23+. The molecule has 0 bridgehead atoms. The number of rotatable bonds is 6. The van der Waals surface area contributed by atoms with Crippen LogP contribution in [0.5, 0.6) is 0 Å². The minimum absolute atomic E-state index is 0.359. The highest BCUT2D eigenvalue weighted by Crippen LogP contribution is 2.46. The van der Waals surface area contributed by atoms with Crippen LogP contribution in [-0.4, -0.2) is 16.3 Å². The second-order valence-corrected chi connectivity index (χ2v) is 8.57. The van der Waals surface area contributed by atoms with E-state index >= 15 is 0 Å². The van der Waals surface area contributed by atoms with Gasteiger partial charge >= 0.3 is 5.97 Å². The van der Waals surface area contributed by atoms with Crippen molar-refractivity contribution < 1.29 is 9.90 Å². The summed E-state index contributed by atoms with van der Waals surface area (Å²) in [7, 11) is 0. The van der Waals surface area contributed by atoms with E-state index in [1.54, 1.807) is 6.08 Å². The molecule has 4 rings (SSSR count). The molecule has 2 nitrogen and oxygen atoms in total. The maximum atomic E-state index is 10.8. The molecule has 0 spiro atoms. The van der Waals surface area contributed by atoms with Gasteiger partial charge in [-0.25, -0.2) is 4.79 Å². The van der Waals surface area contributed by atoms with Crippen LogP contribution in [0.3, 0.4) is 0 Å². The van der Waals surface area contributed by atoms with Gasteiger partial charge < -0.3 is 5.11 Å². The largest absolute Gasteiger partial charge is 0.478 e. The number of fused-ring (bicyclic) bond motifs is 1. The van der Waals surface area contributed by atoms with Gasteiger partial charge in [0.1, 0.15) is 0 Å². The number of benzene rings is 3.